The second kappa shape index (κ2) is 8.74. The second-order valence-corrected chi connectivity index (χ2v) is 8.63. The zero-order valence-corrected chi connectivity index (χ0v) is 18.5. The highest BCUT2D eigenvalue weighted by Gasteiger charge is 2.38. The summed E-state index contributed by atoms with van der Waals surface area (Å²) in [4.78, 5) is 21.8. The second-order valence-electron chi connectivity index (χ2n) is 8.63. The Labute approximate surface area is 179 Å². The van der Waals surface area contributed by atoms with Gasteiger partial charge in [-0.1, -0.05) is 5.57 Å². The summed E-state index contributed by atoms with van der Waals surface area (Å²) in [6, 6.07) is 9.75. The third kappa shape index (κ3) is 4.73. The number of aliphatic imine (C=N–C) groups is 1. The quantitative estimate of drug-likeness (QED) is 0.446. The molecule has 0 unspecified atom stereocenters. The number of nitrogens with zero attached hydrogens (tertiary/aromatic N) is 4. The van der Waals surface area contributed by atoms with E-state index in [1.54, 1.807) is 0 Å². The van der Waals surface area contributed by atoms with Crippen LogP contribution < -0.4 is 10.2 Å². The van der Waals surface area contributed by atoms with Crippen molar-refractivity contribution < 1.29 is 4.79 Å². The molecule has 1 aromatic carbocycles. The van der Waals surface area contributed by atoms with E-state index < -0.39 is 0 Å². The third-order valence-electron chi connectivity index (χ3n) is 5.95. The Hall–Kier alpha value is -3.07. The lowest BCUT2D eigenvalue weighted by Crippen LogP contribution is -2.49. The highest BCUT2D eigenvalue weighted by molar-refractivity contribution is 5.98. The zero-order chi connectivity index (χ0) is 21.9. The van der Waals surface area contributed by atoms with Crippen LogP contribution in [0.1, 0.15) is 46.1 Å². The highest BCUT2D eigenvalue weighted by Crippen LogP contribution is 2.36. The molecule has 1 N–H and O–H groups in total. The van der Waals surface area contributed by atoms with E-state index in [4.69, 9.17) is 5.26 Å². The average Bonchev–Trinajstić information content (AvgIpc) is 3.49. The van der Waals surface area contributed by atoms with Crippen molar-refractivity contribution in [2.24, 2.45) is 4.99 Å². The Bertz CT molecular complexity index is 919. The average molecular weight is 406 g/mol. The van der Waals surface area contributed by atoms with Gasteiger partial charge in [-0.2, -0.15) is 5.26 Å². The van der Waals surface area contributed by atoms with Crippen LogP contribution in [0.4, 0.5) is 5.69 Å². The summed E-state index contributed by atoms with van der Waals surface area (Å²) in [5, 5.41) is 12.4. The molecule has 1 aliphatic heterocycles. The summed E-state index contributed by atoms with van der Waals surface area (Å²) in [6.07, 6.45) is 2.21. The van der Waals surface area contributed by atoms with E-state index in [0.29, 0.717) is 24.5 Å². The fraction of sp³-hybridized carbons (Fsp3) is 0.458. The number of carbonyl (C=O) groups excluding carboxylic acids is 1. The van der Waals surface area contributed by atoms with Crippen LogP contribution in [0.25, 0.3) is 0 Å². The van der Waals surface area contributed by atoms with Crippen molar-refractivity contribution >= 4 is 18.3 Å². The van der Waals surface area contributed by atoms with Gasteiger partial charge in [-0.05, 0) is 71.5 Å². The summed E-state index contributed by atoms with van der Waals surface area (Å²) in [5.74, 6) is 0.756. The predicted octanol–water partition coefficient (Wildman–Crippen LogP) is 3.62. The molecule has 1 aliphatic carbocycles. The fourth-order valence-corrected chi connectivity index (χ4v) is 3.79. The molecule has 0 bridgehead atoms. The summed E-state index contributed by atoms with van der Waals surface area (Å²) in [6.45, 7) is 14.6. The first-order valence-corrected chi connectivity index (χ1v) is 10.5. The van der Waals surface area contributed by atoms with Crippen molar-refractivity contribution in [1.82, 2.24) is 10.2 Å². The van der Waals surface area contributed by atoms with Gasteiger partial charge in [0.2, 0.25) is 0 Å². The normalized spacial score (nSPS) is 18.1. The van der Waals surface area contributed by atoms with Gasteiger partial charge in [0.1, 0.15) is 5.82 Å². The van der Waals surface area contributed by atoms with Crippen molar-refractivity contribution in [3.8, 4) is 6.07 Å². The van der Waals surface area contributed by atoms with Gasteiger partial charge in [0.05, 0.1) is 11.6 Å². The molecule has 1 saturated heterocycles. The molecular weight excluding hydrogens is 374 g/mol. The van der Waals surface area contributed by atoms with E-state index in [-0.39, 0.29) is 11.4 Å². The number of benzene rings is 1. The molecule has 6 nitrogen and oxygen atoms in total. The lowest BCUT2D eigenvalue weighted by molar-refractivity contribution is -0.127. The number of piperazine rings is 1. The first-order chi connectivity index (χ1) is 14.3. The summed E-state index contributed by atoms with van der Waals surface area (Å²) in [7, 11) is 0. The maximum Gasteiger partial charge on any atom is 0.254 e. The molecule has 0 atom stereocenters. The van der Waals surface area contributed by atoms with Crippen LogP contribution in [0.15, 0.2) is 51.8 Å². The van der Waals surface area contributed by atoms with Gasteiger partial charge in [-0.15, -0.1) is 0 Å². The van der Waals surface area contributed by atoms with Gasteiger partial charge in [-0.3, -0.25) is 4.79 Å². The number of carbonyl (C=O) groups is 1. The SMILES string of the molecule is C=N/C(NC1(C)CC1)=C(\C)C(C(=O)N1CCN(c2ccc(C#N)cc2)CC1)=C(C)C. The maximum absolute atomic E-state index is 13.4. The molecule has 1 saturated carbocycles. The van der Waals surface area contributed by atoms with Crippen LogP contribution in [-0.2, 0) is 4.79 Å². The van der Waals surface area contributed by atoms with Crippen molar-refractivity contribution in [3.63, 3.8) is 0 Å². The van der Waals surface area contributed by atoms with Crippen molar-refractivity contribution in [2.75, 3.05) is 31.1 Å². The first kappa shape index (κ1) is 21.6. The van der Waals surface area contributed by atoms with E-state index in [9.17, 15) is 4.79 Å². The minimum Gasteiger partial charge on any atom is -0.368 e. The number of hydrogen-bond donors (Lipinski definition) is 1. The molecule has 0 spiro atoms. The topological polar surface area (TPSA) is 71.7 Å². The summed E-state index contributed by atoms with van der Waals surface area (Å²) < 4.78 is 0. The monoisotopic (exact) mass is 405 g/mol. The Morgan fingerprint density at radius 1 is 1.13 bits per heavy atom. The van der Waals surface area contributed by atoms with Crippen LogP contribution in [0.5, 0.6) is 0 Å². The molecule has 158 valence electrons. The van der Waals surface area contributed by atoms with Crippen molar-refractivity contribution in [1.29, 1.82) is 5.26 Å². The zero-order valence-electron chi connectivity index (χ0n) is 18.5. The number of anilines is 1. The number of rotatable bonds is 6. The summed E-state index contributed by atoms with van der Waals surface area (Å²) >= 11 is 0. The highest BCUT2D eigenvalue weighted by atomic mass is 16.2. The number of amides is 1. The van der Waals surface area contributed by atoms with Gasteiger partial charge in [0, 0.05) is 48.6 Å². The van der Waals surface area contributed by atoms with E-state index >= 15 is 0 Å². The van der Waals surface area contributed by atoms with Crippen molar-refractivity contribution in [2.45, 2.75) is 46.1 Å². The molecular formula is C24H31N5O. The fourth-order valence-electron chi connectivity index (χ4n) is 3.79. The smallest absolute Gasteiger partial charge is 0.254 e. The lowest BCUT2D eigenvalue weighted by Gasteiger charge is -2.37. The van der Waals surface area contributed by atoms with Gasteiger partial charge >= 0.3 is 0 Å². The molecule has 1 amide bonds. The standard InChI is InChI=1S/C24H31N5O/c1-17(2)21(18(3)22(26-5)27-24(4)10-11-24)23(30)29-14-12-28(13-15-29)20-8-6-19(16-25)7-9-20/h6-9,27H,5,10-15H2,1-4H3/b22-18-. The van der Waals surface area contributed by atoms with Crippen LogP contribution in [0, 0.1) is 11.3 Å². The Balaban J connectivity index is 1.72. The lowest BCUT2D eigenvalue weighted by atomic mass is 10.00. The molecule has 1 heterocycles. The third-order valence-corrected chi connectivity index (χ3v) is 5.95. The minimum absolute atomic E-state index is 0.0517. The largest absolute Gasteiger partial charge is 0.368 e. The molecule has 6 heteroatoms. The molecule has 30 heavy (non-hydrogen) atoms. The molecule has 3 rings (SSSR count). The molecule has 0 aromatic heterocycles. The molecule has 2 aliphatic rings. The van der Waals surface area contributed by atoms with Gasteiger partial charge in [0.15, 0.2) is 0 Å². The molecule has 2 fully saturated rings. The molecule has 1 aromatic rings. The Kier molecular flexibility index (Phi) is 6.31. The van der Waals surface area contributed by atoms with Crippen LogP contribution in [0.2, 0.25) is 0 Å². The minimum atomic E-state index is 0.0517. The number of nitriles is 1. The van der Waals surface area contributed by atoms with Gasteiger partial charge < -0.3 is 15.1 Å². The number of allylic oxidation sites excluding steroid dienone is 1. The van der Waals surface area contributed by atoms with E-state index in [2.05, 4.69) is 34.9 Å². The maximum atomic E-state index is 13.4. The van der Waals surface area contributed by atoms with Gasteiger partial charge in [-0.25, -0.2) is 4.99 Å². The number of hydrogen-bond acceptors (Lipinski definition) is 5. The first-order valence-electron chi connectivity index (χ1n) is 10.5. The van der Waals surface area contributed by atoms with E-state index in [1.807, 2.05) is 49.9 Å². The predicted molar refractivity (Wildman–Crippen MR) is 121 cm³/mol. The van der Waals surface area contributed by atoms with Crippen LogP contribution in [0.3, 0.4) is 0 Å². The summed E-state index contributed by atoms with van der Waals surface area (Å²) in [5.41, 5.74) is 4.37. The van der Waals surface area contributed by atoms with Crippen LogP contribution in [-0.4, -0.2) is 49.2 Å². The molecule has 0 radical (unpaired) electrons. The Morgan fingerprint density at radius 3 is 2.20 bits per heavy atom. The van der Waals surface area contributed by atoms with Gasteiger partial charge in [0.25, 0.3) is 5.91 Å². The van der Waals surface area contributed by atoms with E-state index in [1.165, 1.54) is 0 Å². The number of nitrogens with one attached hydrogen (secondary N) is 1. The van der Waals surface area contributed by atoms with Crippen LogP contribution >= 0.6 is 0 Å². The van der Waals surface area contributed by atoms with Crippen molar-refractivity contribution in [3.05, 3.63) is 52.4 Å². The Morgan fingerprint density at radius 2 is 1.73 bits per heavy atom. The van der Waals surface area contributed by atoms with E-state index in [0.717, 1.165) is 48.3 Å².